The summed E-state index contributed by atoms with van der Waals surface area (Å²) < 4.78 is 1.24. The predicted octanol–water partition coefficient (Wildman–Crippen LogP) is 5.32. The Morgan fingerprint density at radius 3 is 2.62 bits per heavy atom. The van der Waals surface area contributed by atoms with E-state index in [1.165, 1.54) is 15.3 Å². The van der Waals surface area contributed by atoms with Gasteiger partial charge in [0.15, 0.2) is 0 Å². The van der Waals surface area contributed by atoms with E-state index in [0.717, 1.165) is 37.7 Å². The van der Waals surface area contributed by atoms with Crippen LogP contribution in [0.5, 0.6) is 0 Å². The van der Waals surface area contributed by atoms with Crippen LogP contribution in [0.1, 0.15) is 49.1 Å². The Labute approximate surface area is 159 Å². The maximum Gasteiger partial charge on any atom is 0.220 e. The summed E-state index contributed by atoms with van der Waals surface area (Å²) in [7, 11) is 0. The van der Waals surface area contributed by atoms with Crippen LogP contribution in [0, 0.1) is 0 Å². The molecule has 2 aromatic carbocycles. The van der Waals surface area contributed by atoms with Gasteiger partial charge in [-0.1, -0.05) is 49.4 Å². The minimum Gasteiger partial charge on any atom is -0.355 e. The van der Waals surface area contributed by atoms with Gasteiger partial charge in [-0.25, -0.2) is 4.98 Å². The molecule has 0 saturated heterocycles. The van der Waals surface area contributed by atoms with Gasteiger partial charge in [-0.2, -0.15) is 0 Å². The molecule has 0 spiro atoms. The SMILES string of the molecule is CCC(CNC(=O)CCCCc1nc2ccccc2s1)c1ccccc1. The molecule has 0 aliphatic rings. The lowest BCUT2D eigenvalue weighted by atomic mass is 9.96. The van der Waals surface area contributed by atoms with Crippen molar-refractivity contribution >= 4 is 27.5 Å². The third kappa shape index (κ3) is 5.15. The van der Waals surface area contributed by atoms with Crippen LogP contribution in [0.25, 0.3) is 10.2 Å². The summed E-state index contributed by atoms with van der Waals surface area (Å²) in [6, 6.07) is 18.7. The van der Waals surface area contributed by atoms with E-state index in [4.69, 9.17) is 0 Å². The van der Waals surface area contributed by atoms with Gasteiger partial charge in [0.2, 0.25) is 5.91 Å². The first kappa shape index (κ1) is 18.6. The highest BCUT2D eigenvalue weighted by Gasteiger charge is 2.11. The molecule has 26 heavy (non-hydrogen) atoms. The summed E-state index contributed by atoms with van der Waals surface area (Å²) in [5.74, 6) is 0.548. The number of carbonyl (C=O) groups excluding carboxylic acids is 1. The first-order valence-electron chi connectivity index (χ1n) is 9.42. The van der Waals surface area contributed by atoms with Gasteiger partial charge in [-0.05, 0) is 43.4 Å². The fraction of sp³-hybridized carbons (Fsp3) is 0.364. The largest absolute Gasteiger partial charge is 0.355 e. The molecule has 0 bridgehead atoms. The number of rotatable bonds is 9. The molecule has 3 aromatic rings. The smallest absolute Gasteiger partial charge is 0.220 e. The molecule has 1 N–H and O–H groups in total. The summed E-state index contributed by atoms with van der Waals surface area (Å²) in [5.41, 5.74) is 2.38. The second kappa shape index (κ2) is 9.48. The quantitative estimate of drug-likeness (QED) is 0.521. The average Bonchev–Trinajstić information content (AvgIpc) is 3.09. The maximum atomic E-state index is 12.1. The van der Waals surface area contributed by atoms with Gasteiger partial charge in [-0.3, -0.25) is 4.79 Å². The fourth-order valence-corrected chi connectivity index (χ4v) is 4.15. The number of aromatic nitrogens is 1. The molecular formula is C22H26N2OS. The van der Waals surface area contributed by atoms with Crippen molar-refractivity contribution in [2.75, 3.05) is 6.54 Å². The average molecular weight is 367 g/mol. The zero-order valence-corrected chi connectivity index (χ0v) is 16.1. The van der Waals surface area contributed by atoms with Crippen LogP contribution in [-0.2, 0) is 11.2 Å². The fourth-order valence-electron chi connectivity index (χ4n) is 3.14. The molecule has 1 atom stereocenters. The molecule has 0 aliphatic heterocycles. The normalized spacial score (nSPS) is 12.2. The van der Waals surface area contributed by atoms with E-state index in [-0.39, 0.29) is 5.91 Å². The van der Waals surface area contributed by atoms with Gasteiger partial charge in [0.05, 0.1) is 15.2 Å². The Morgan fingerprint density at radius 2 is 1.85 bits per heavy atom. The Morgan fingerprint density at radius 1 is 1.08 bits per heavy atom. The number of carbonyl (C=O) groups is 1. The van der Waals surface area contributed by atoms with Gasteiger partial charge in [0.25, 0.3) is 0 Å². The van der Waals surface area contributed by atoms with Gasteiger partial charge in [0, 0.05) is 18.9 Å². The van der Waals surface area contributed by atoms with Crippen LogP contribution >= 0.6 is 11.3 Å². The van der Waals surface area contributed by atoms with E-state index in [9.17, 15) is 4.79 Å². The highest BCUT2D eigenvalue weighted by molar-refractivity contribution is 7.18. The highest BCUT2D eigenvalue weighted by atomic mass is 32.1. The topological polar surface area (TPSA) is 42.0 Å². The van der Waals surface area contributed by atoms with Crippen molar-refractivity contribution in [3.8, 4) is 0 Å². The lowest BCUT2D eigenvalue weighted by Crippen LogP contribution is -2.28. The third-order valence-electron chi connectivity index (χ3n) is 4.69. The van der Waals surface area contributed by atoms with Crippen molar-refractivity contribution in [3.05, 3.63) is 65.2 Å². The number of hydrogen-bond acceptors (Lipinski definition) is 3. The highest BCUT2D eigenvalue weighted by Crippen LogP contribution is 2.23. The standard InChI is InChI=1S/C22H26N2OS/c1-2-17(18-10-4-3-5-11-18)16-23-21(25)14-8-9-15-22-24-19-12-6-7-13-20(19)26-22/h3-7,10-13,17H,2,8-9,14-16H2,1H3,(H,23,25). The Kier molecular flexibility index (Phi) is 6.78. The molecule has 136 valence electrons. The van der Waals surface area contributed by atoms with Crippen molar-refractivity contribution in [2.45, 2.75) is 44.9 Å². The maximum absolute atomic E-state index is 12.1. The summed E-state index contributed by atoms with van der Waals surface area (Å²) >= 11 is 1.76. The van der Waals surface area contributed by atoms with E-state index in [0.29, 0.717) is 12.3 Å². The van der Waals surface area contributed by atoms with E-state index >= 15 is 0 Å². The van der Waals surface area contributed by atoms with Crippen LogP contribution in [-0.4, -0.2) is 17.4 Å². The molecule has 0 aliphatic carbocycles. The number of nitrogens with one attached hydrogen (secondary N) is 1. The van der Waals surface area contributed by atoms with Crippen molar-refractivity contribution in [1.82, 2.24) is 10.3 Å². The minimum atomic E-state index is 0.156. The molecule has 1 unspecified atom stereocenters. The van der Waals surface area contributed by atoms with Crippen molar-refractivity contribution in [2.24, 2.45) is 0 Å². The number of para-hydroxylation sites is 1. The minimum absolute atomic E-state index is 0.156. The number of hydrogen-bond donors (Lipinski definition) is 1. The number of fused-ring (bicyclic) bond motifs is 1. The number of aryl methyl sites for hydroxylation is 1. The molecule has 3 rings (SSSR count). The monoisotopic (exact) mass is 366 g/mol. The third-order valence-corrected chi connectivity index (χ3v) is 5.79. The van der Waals surface area contributed by atoms with Crippen LogP contribution in [0.4, 0.5) is 0 Å². The van der Waals surface area contributed by atoms with E-state index < -0.39 is 0 Å². The van der Waals surface area contributed by atoms with E-state index in [1.807, 2.05) is 18.2 Å². The summed E-state index contributed by atoms with van der Waals surface area (Å²) in [6.07, 6.45) is 4.49. The van der Waals surface area contributed by atoms with E-state index in [2.05, 4.69) is 53.6 Å². The Bertz CT molecular complexity index is 795. The summed E-state index contributed by atoms with van der Waals surface area (Å²) in [6.45, 7) is 2.89. The molecule has 1 amide bonds. The number of nitrogens with zero attached hydrogens (tertiary/aromatic N) is 1. The number of thiazole rings is 1. The molecule has 0 radical (unpaired) electrons. The second-order valence-corrected chi connectivity index (χ2v) is 7.72. The first-order chi connectivity index (χ1) is 12.8. The van der Waals surface area contributed by atoms with Crippen LogP contribution in [0.3, 0.4) is 0 Å². The lowest BCUT2D eigenvalue weighted by Gasteiger charge is -2.16. The van der Waals surface area contributed by atoms with Crippen LogP contribution < -0.4 is 5.32 Å². The van der Waals surface area contributed by atoms with Crippen molar-refractivity contribution in [3.63, 3.8) is 0 Å². The first-order valence-corrected chi connectivity index (χ1v) is 10.2. The molecule has 3 nitrogen and oxygen atoms in total. The van der Waals surface area contributed by atoms with Crippen LogP contribution in [0.15, 0.2) is 54.6 Å². The second-order valence-electron chi connectivity index (χ2n) is 6.60. The van der Waals surface area contributed by atoms with Gasteiger partial charge < -0.3 is 5.32 Å². The molecule has 0 fully saturated rings. The molecule has 1 aromatic heterocycles. The number of unbranched alkanes of at least 4 members (excludes halogenated alkanes) is 1. The summed E-state index contributed by atoms with van der Waals surface area (Å²) in [4.78, 5) is 16.8. The van der Waals surface area contributed by atoms with E-state index in [1.54, 1.807) is 11.3 Å². The zero-order chi connectivity index (χ0) is 18.2. The van der Waals surface area contributed by atoms with Crippen molar-refractivity contribution < 1.29 is 4.79 Å². The zero-order valence-electron chi connectivity index (χ0n) is 15.3. The molecule has 4 heteroatoms. The molecule has 1 heterocycles. The molecular weight excluding hydrogens is 340 g/mol. The number of amides is 1. The predicted molar refractivity (Wildman–Crippen MR) is 110 cm³/mol. The lowest BCUT2D eigenvalue weighted by molar-refractivity contribution is -0.121. The van der Waals surface area contributed by atoms with Gasteiger partial charge in [-0.15, -0.1) is 11.3 Å². The van der Waals surface area contributed by atoms with Gasteiger partial charge in [0.1, 0.15) is 0 Å². The van der Waals surface area contributed by atoms with Gasteiger partial charge >= 0.3 is 0 Å². The number of benzene rings is 2. The Hall–Kier alpha value is -2.20. The molecule has 0 saturated carbocycles. The van der Waals surface area contributed by atoms with Crippen molar-refractivity contribution in [1.29, 1.82) is 0 Å². The Balaban J connectivity index is 1.37. The van der Waals surface area contributed by atoms with Crippen LogP contribution in [0.2, 0.25) is 0 Å². The summed E-state index contributed by atoms with van der Waals surface area (Å²) in [5, 5.41) is 4.27.